The Labute approximate surface area is 117 Å². The van der Waals surface area contributed by atoms with Crippen molar-refractivity contribution in [1.29, 1.82) is 0 Å². The molecular weight excluding hydrogens is 261 g/mol. The van der Waals surface area contributed by atoms with Gasteiger partial charge in [0.2, 0.25) is 5.91 Å². The van der Waals surface area contributed by atoms with Gasteiger partial charge in [-0.3, -0.25) is 9.59 Å². The van der Waals surface area contributed by atoms with Gasteiger partial charge in [-0.1, -0.05) is 6.42 Å². The first-order chi connectivity index (χ1) is 9.47. The summed E-state index contributed by atoms with van der Waals surface area (Å²) in [5.41, 5.74) is 1.23. The van der Waals surface area contributed by atoms with E-state index in [1.165, 1.54) is 18.2 Å². The van der Waals surface area contributed by atoms with Crippen LogP contribution in [-0.2, 0) is 9.59 Å². The number of hydrogen-bond acceptors (Lipinski definition) is 2. The summed E-state index contributed by atoms with van der Waals surface area (Å²) in [7, 11) is 0. The van der Waals surface area contributed by atoms with Crippen LogP contribution in [0.5, 0.6) is 0 Å². The van der Waals surface area contributed by atoms with Gasteiger partial charge in [-0.2, -0.15) is 0 Å². The molecule has 0 aromatic heterocycles. The molecule has 0 aliphatic heterocycles. The Kier molecular flexibility index (Phi) is 4.37. The first kappa shape index (κ1) is 14.5. The smallest absolute Gasteiger partial charge is 0.306 e. The van der Waals surface area contributed by atoms with E-state index >= 15 is 0 Å². The number of amides is 1. The van der Waals surface area contributed by atoms with E-state index in [2.05, 4.69) is 5.32 Å². The number of rotatable bonds is 3. The summed E-state index contributed by atoms with van der Waals surface area (Å²) in [5, 5.41) is 11.8. The van der Waals surface area contributed by atoms with Crippen LogP contribution in [0.2, 0.25) is 0 Å². The molecule has 0 radical (unpaired) electrons. The van der Waals surface area contributed by atoms with Gasteiger partial charge in [0.1, 0.15) is 5.82 Å². The lowest BCUT2D eigenvalue weighted by Gasteiger charge is -2.26. The Hall–Kier alpha value is -1.91. The fraction of sp³-hybridized carbons (Fsp3) is 0.467. The van der Waals surface area contributed by atoms with Gasteiger partial charge in [0.05, 0.1) is 5.92 Å². The number of anilines is 1. The van der Waals surface area contributed by atoms with Gasteiger partial charge in [-0.15, -0.1) is 0 Å². The van der Waals surface area contributed by atoms with Gasteiger partial charge in [-0.25, -0.2) is 4.39 Å². The summed E-state index contributed by atoms with van der Waals surface area (Å²) in [6.45, 7) is 1.72. The number of carboxylic acid groups (broad SMARTS) is 1. The average molecular weight is 279 g/mol. The van der Waals surface area contributed by atoms with Crippen molar-refractivity contribution in [2.45, 2.75) is 32.6 Å². The molecule has 1 fully saturated rings. The quantitative estimate of drug-likeness (QED) is 0.894. The third kappa shape index (κ3) is 3.35. The van der Waals surface area contributed by atoms with Crippen LogP contribution in [0, 0.1) is 24.6 Å². The Morgan fingerprint density at radius 1 is 1.30 bits per heavy atom. The Morgan fingerprint density at radius 3 is 2.65 bits per heavy atom. The number of carbonyl (C=O) groups is 2. The van der Waals surface area contributed by atoms with Crippen molar-refractivity contribution < 1.29 is 19.1 Å². The number of halogens is 1. The highest BCUT2D eigenvalue weighted by Crippen LogP contribution is 2.30. The summed E-state index contributed by atoms with van der Waals surface area (Å²) in [6.07, 6.45) is 2.46. The summed E-state index contributed by atoms with van der Waals surface area (Å²) in [6, 6.07) is 4.18. The minimum atomic E-state index is -0.833. The van der Waals surface area contributed by atoms with Gasteiger partial charge in [0.15, 0.2) is 0 Å². The van der Waals surface area contributed by atoms with E-state index in [4.69, 9.17) is 5.11 Å². The molecule has 0 saturated heterocycles. The van der Waals surface area contributed by atoms with Crippen molar-refractivity contribution in [3.05, 3.63) is 29.6 Å². The highest BCUT2D eigenvalue weighted by atomic mass is 19.1. The zero-order valence-corrected chi connectivity index (χ0v) is 11.4. The molecule has 20 heavy (non-hydrogen) atoms. The third-order valence-electron chi connectivity index (χ3n) is 3.84. The lowest BCUT2D eigenvalue weighted by atomic mass is 9.81. The molecule has 2 atom stereocenters. The normalized spacial score (nSPS) is 22.3. The number of carboxylic acids is 1. The van der Waals surface area contributed by atoms with Gasteiger partial charge >= 0.3 is 5.97 Å². The molecule has 0 spiro atoms. The van der Waals surface area contributed by atoms with E-state index in [0.717, 1.165) is 6.42 Å². The fourth-order valence-corrected chi connectivity index (χ4v) is 2.65. The fourth-order valence-electron chi connectivity index (χ4n) is 2.65. The molecule has 0 heterocycles. The Balaban J connectivity index is 2.02. The second-order valence-corrected chi connectivity index (χ2v) is 5.35. The summed E-state index contributed by atoms with van der Waals surface area (Å²) >= 11 is 0. The number of hydrogen-bond donors (Lipinski definition) is 2. The Morgan fingerprint density at radius 2 is 2.00 bits per heavy atom. The molecule has 1 aromatic rings. The van der Waals surface area contributed by atoms with Crippen LogP contribution >= 0.6 is 0 Å². The summed E-state index contributed by atoms with van der Waals surface area (Å²) in [5.74, 6) is -2.07. The molecule has 1 aliphatic carbocycles. The van der Waals surface area contributed by atoms with Crippen molar-refractivity contribution in [3.8, 4) is 0 Å². The number of aryl methyl sites for hydroxylation is 1. The molecule has 2 N–H and O–H groups in total. The predicted molar refractivity (Wildman–Crippen MR) is 72.9 cm³/mol. The van der Waals surface area contributed by atoms with Crippen LogP contribution in [0.25, 0.3) is 0 Å². The van der Waals surface area contributed by atoms with Crippen molar-refractivity contribution >= 4 is 17.6 Å². The van der Waals surface area contributed by atoms with Crippen molar-refractivity contribution in [1.82, 2.24) is 0 Å². The van der Waals surface area contributed by atoms with E-state index < -0.39 is 11.9 Å². The number of carbonyl (C=O) groups excluding carboxylic acids is 1. The minimum Gasteiger partial charge on any atom is -0.481 e. The second kappa shape index (κ2) is 6.03. The largest absolute Gasteiger partial charge is 0.481 e. The molecule has 4 nitrogen and oxygen atoms in total. The van der Waals surface area contributed by atoms with Crippen LogP contribution in [0.4, 0.5) is 10.1 Å². The number of benzene rings is 1. The topological polar surface area (TPSA) is 66.4 Å². The van der Waals surface area contributed by atoms with E-state index in [-0.39, 0.29) is 17.6 Å². The van der Waals surface area contributed by atoms with Crippen LogP contribution in [0.3, 0.4) is 0 Å². The maximum atomic E-state index is 13.0. The zero-order chi connectivity index (χ0) is 14.7. The van der Waals surface area contributed by atoms with Crippen molar-refractivity contribution in [2.75, 3.05) is 5.32 Å². The molecule has 1 aliphatic rings. The van der Waals surface area contributed by atoms with Gasteiger partial charge in [0, 0.05) is 11.6 Å². The maximum absolute atomic E-state index is 13.0. The molecule has 1 aromatic carbocycles. The van der Waals surface area contributed by atoms with E-state index in [9.17, 15) is 14.0 Å². The van der Waals surface area contributed by atoms with E-state index in [1.807, 2.05) is 0 Å². The van der Waals surface area contributed by atoms with Crippen LogP contribution in [0.1, 0.15) is 31.2 Å². The highest BCUT2D eigenvalue weighted by Gasteiger charge is 2.31. The highest BCUT2D eigenvalue weighted by molar-refractivity contribution is 5.93. The lowest BCUT2D eigenvalue weighted by molar-refractivity contribution is -0.143. The number of aliphatic carboxylic acids is 1. The molecule has 2 unspecified atom stereocenters. The first-order valence-corrected chi connectivity index (χ1v) is 6.77. The van der Waals surface area contributed by atoms with Gasteiger partial charge in [-0.05, 0) is 49.9 Å². The lowest BCUT2D eigenvalue weighted by Crippen LogP contribution is -2.31. The van der Waals surface area contributed by atoms with Gasteiger partial charge < -0.3 is 10.4 Å². The molecule has 0 bridgehead atoms. The monoisotopic (exact) mass is 279 g/mol. The predicted octanol–water partition coefficient (Wildman–Crippen LogP) is 2.96. The van der Waals surface area contributed by atoms with Crippen LogP contribution < -0.4 is 5.32 Å². The standard InChI is InChI=1S/C15H18FNO3/c1-9-7-12(16)5-6-13(9)17-14(18)10-3-2-4-11(8-10)15(19)20/h5-7,10-11H,2-4,8H2,1H3,(H,17,18)(H,19,20). The van der Waals surface area contributed by atoms with E-state index in [1.54, 1.807) is 6.92 Å². The minimum absolute atomic E-state index is 0.175. The molecule has 108 valence electrons. The zero-order valence-electron chi connectivity index (χ0n) is 11.4. The first-order valence-electron chi connectivity index (χ1n) is 6.77. The van der Waals surface area contributed by atoms with Crippen molar-refractivity contribution in [3.63, 3.8) is 0 Å². The van der Waals surface area contributed by atoms with E-state index in [0.29, 0.717) is 30.5 Å². The second-order valence-electron chi connectivity index (χ2n) is 5.35. The average Bonchev–Trinajstić information content (AvgIpc) is 2.42. The van der Waals surface area contributed by atoms with Gasteiger partial charge in [0.25, 0.3) is 0 Å². The SMILES string of the molecule is Cc1cc(F)ccc1NC(=O)C1CCCC(C(=O)O)C1. The van der Waals surface area contributed by atoms with Crippen LogP contribution in [-0.4, -0.2) is 17.0 Å². The maximum Gasteiger partial charge on any atom is 0.306 e. The molecule has 1 saturated carbocycles. The summed E-state index contributed by atoms with van der Waals surface area (Å²) in [4.78, 5) is 23.2. The Bertz CT molecular complexity index is 530. The third-order valence-corrected chi connectivity index (χ3v) is 3.84. The molecule has 1 amide bonds. The number of nitrogens with one attached hydrogen (secondary N) is 1. The molecule has 5 heteroatoms. The van der Waals surface area contributed by atoms with Crippen LogP contribution in [0.15, 0.2) is 18.2 Å². The van der Waals surface area contributed by atoms with Crippen molar-refractivity contribution in [2.24, 2.45) is 11.8 Å². The summed E-state index contributed by atoms with van der Waals surface area (Å²) < 4.78 is 13.0. The molecular formula is C15H18FNO3. The molecule has 2 rings (SSSR count).